The molecule has 0 aromatic heterocycles. The van der Waals surface area contributed by atoms with Gasteiger partial charge < -0.3 is 4.90 Å². The van der Waals surface area contributed by atoms with Crippen molar-refractivity contribution in [3.63, 3.8) is 0 Å². The van der Waals surface area contributed by atoms with Crippen molar-refractivity contribution in [1.29, 1.82) is 0 Å². The molecule has 0 bridgehead atoms. The highest BCUT2D eigenvalue weighted by Crippen LogP contribution is 2.20. The van der Waals surface area contributed by atoms with E-state index in [9.17, 15) is 13.2 Å². The van der Waals surface area contributed by atoms with Gasteiger partial charge in [-0.05, 0) is 49.4 Å². The third-order valence-corrected chi connectivity index (χ3v) is 8.15. The molecule has 0 fully saturated rings. The van der Waals surface area contributed by atoms with Gasteiger partial charge in [0.2, 0.25) is 15.9 Å². The smallest absolute Gasteiger partial charge is 0.240 e. The second-order valence-corrected chi connectivity index (χ2v) is 11.2. The minimum atomic E-state index is -3.39. The number of hydrogen-bond acceptors (Lipinski definition) is 3. The first-order valence-corrected chi connectivity index (χ1v) is 14.3. The van der Waals surface area contributed by atoms with Gasteiger partial charge in [0.1, 0.15) is 0 Å². The van der Waals surface area contributed by atoms with Crippen LogP contribution in [-0.2, 0) is 27.8 Å². The standard InChI is InChI=1S/C28H40N2O3S/c1-24-16-18-27(19-17-24)34(32,33)29-21-12-8-6-4-2-3-5-7-9-15-28(31)30-22-20-25-13-10-11-14-26(25)23-30/h10-11,13-14,16-19,29H,2-9,12,15,20-23H2,1H3. The fourth-order valence-electron chi connectivity index (χ4n) is 4.51. The molecule has 2 aromatic carbocycles. The fourth-order valence-corrected chi connectivity index (χ4v) is 5.59. The maximum atomic E-state index is 12.5. The van der Waals surface area contributed by atoms with Crippen LogP contribution in [0.2, 0.25) is 0 Å². The SMILES string of the molecule is Cc1ccc(S(=O)(=O)NCCCCCCCCCCCC(=O)N2CCc3ccccc3C2)cc1. The molecule has 0 saturated heterocycles. The lowest BCUT2D eigenvalue weighted by molar-refractivity contribution is -0.132. The molecule has 1 N–H and O–H groups in total. The van der Waals surface area contributed by atoms with Crippen LogP contribution in [0.25, 0.3) is 0 Å². The number of benzene rings is 2. The summed E-state index contributed by atoms with van der Waals surface area (Å²) >= 11 is 0. The zero-order valence-electron chi connectivity index (χ0n) is 20.6. The van der Waals surface area contributed by atoms with Gasteiger partial charge >= 0.3 is 0 Å². The van der Waals surface area contributed by atoms with E-state index in [4.69, 9.17) is 0 Å². The predicted molar refractivity (Wildman–Crippen MR) is 138 cm³/mol. The maximum Gasteiger partial charge on any atom is 0.240 e. The average molecular weight is 485 g/mol. The summed E-state index contributed by atoms with van der Waals surface area (Å²) in [5.41, 5.74) is 3.73. The molecule has 0 unspecified atom stereocenters. The van der Waals surface area contributed by atoms with Crippen LogP contribution >= 0.6 is 0 Å². The van der Waals surface area contributed by atoms with Gasteiger partial charge in [-0.2, -0.15) is 0 Å². The van der Waals surface area contributed by atoms with Gasteiger partial charge in [0.25, 0.3) is 0 Å². The summed E-state index contributed by atoms with van der Waals surface area (Å²) in [7, 11) is -3.39. The molecule has 0 atom stereocenters. The number of nitrogens with one attached hydrogen (secondary N) is 1. The van der Waals surface area contributed by atoms with E-state index in [1.165, 1.54) is 36.8 Å². The van der Waals surface area contributed by atoms with E-state index in [1.54, 1.807) is 12.1 Å². The van der Waals surface area contributed by atoms with Gasteiger partial charge in [-0.15, -0.1) is 0 Å². The number of amides is 1. The van der Waals surface area contributed by atoms with Crippen LogP contribution in [0.5, 0.6) is 0 Å². The Balaban J connectivity index is 1.14. The average Bonchev–Trinajstić information content (AvgIpc) is 2.84. The summed E-state index contributed by atoms with van der Waals surface area (Å²) in [5.74, 6) is 0.299. The molecule has 1 heterocycles. The molecule has 3 rings (SSSR count). The number of sulfonamides is 1. The van der Waals surface area contributed by atoms with E-state index in [1.807, 2.05) is 24.0 Å². The zero-order chi connectivity index (χ0) is 24.2. The third kappa shape index (κ3) is 8.55. The minimum Gasteiger partial charge on any atom is -0.338 e. The van der Waals surface area contributed by atoms with Gasteiger partial charge in [-0.1, -0.05) is 86.9 Å². The highest BCUT2D eigenvalue weighted by Gasteiger charge is 2.19. The fraction of sp³-hybridized carbons (Fsp3) is 0.536. The van der Waals surface area contributed by atoms with Crippen molar-refractivity contribution >= 4 is 15.9 Å². The molecule has 0 saturated carbocycles. The molecule has 0 radical (unpaired) electrons. The Bertz CT molecular complexity index is 1000. The largest absolute Gasteiger partial charge is 0.338 e. The van der Waals surface area contributed by atoms with Crippen LogP contribution in [0, 0.1) is 6.92 Å². The first-order valence-electron chi connectivity index (χ1n) is 12.9. The minimum absolute atomic E-state index is 0.299. The van der Waals surface area contributed by atoms with Crippen LogP contribution < -0.4 is 4.72 Å². The Morgan fingerprint density at radius 1 is 0.824 bits per heavy atom. The summed E-state index contributed by atoms with van der Waals surface area (Å²) in [6.07, 6.45) is 11.6. The molecule has 1 aliphatic heterocycles. The molecule has 6 heteroatoms. The summed E-state index contributed by atoms with van der Waals surface area (Å²) in [4.78, 5) is 14.9. The number of fused-ring (bicyclic) bond motifs is 1. The van der Waals surface area contributed by atoms with Gasteiger partial charge in [0.15, 0.2) is 0 Å². The third-order valence-electron chi connectivity index (χ3n) is 6.67. The van der Waals surface area contributed by atoms with Crippen LogP contribution in [0.1, 0.15) is 80.9 Å². The van der Waals surface area contributed by atoms with Crippen molar-refractivity contribution in [2.75, 3.05) is 13.1 Å². The molecule has 1 amide bonds. The molecular weight excluding hydrogens is 444 g/mol. The van der Waals surface area contributed by atoms with E-state index >= 15 is 0 Å². The summed E-state index contributed by atoms with van der Waals surface area (Å²) < 4.78 is 27.2. The van der Waals surface area contributed by atoms with Crippen molar-refractivity contribution in [3.05, 3.63) is 65.2 Å². The van der Waals surface area contributed by atoms with Crippen molar-refractivity contribution in [1.82, 2.24) is 9.62 Å². The Hall–Kier alpha value is -2.18. The molecular formula is C28H40N2O3S. The van der Waals surface area contributed by atoms with E-state index in [0.29, 0.717) is 23.8 Å². The Kier molecular flexibility index (Phi) is 10.6. The Morgan fingerprint density at radius 3 is 2.09 bits per heavy atom. The van der Waals surface area contributed by atoms with Crippen molar-refractivity contribution in [2.24, 2.45) is 0 Å². The molecule has 186 valence electrons. The zero-order valence-corrected chi connectivity index (χ0v) is 21.4. The molecule has 0 aliphatic carbocycles. The quantitative estimate of drug-likeness (QED) is 0.347. The number of carbonyl (C=O) groups is 1. The number of hydrogen-bond donors (Lipinski definition) is 1. The number of carbonyl (C=O) groups excluding carboxylic acids is 1. The normalized spacial score (nSPS) is 13.6. The van der Waals surface area contributed by atoms with Gasteiger partial charge in [0, 0.05) is 26.1 Å². The predicted octanol–water partition coefficient (Wildman–Crippen LogP) is 5.76. The second-order valence-electron chi connectivity index (χ2n) is 9.48. The lowest BCUT2D eigenvalue weighted by atomic mass is 9.99. The topological polar surface area (TPSA) is 66.5 Å². The first kappa shape index (κ1) is 26.4. The summed E-state index contributed by atoms with van der Waals surface area (Å²) in [6, 6.07) is 15.4. The maximum absolute atomic E-state index is 12.5. The monoisotopic (exact) mass is 484 g/mol. The Labute approximate surface area is 206 Å². The van der Waals surface area contributed by atoms with Crippen LogP contribution in [0.15, 0.2) is 53.4 Å². The highest BCUT2D eigenvalue weighted by molar-refractivity contribution is 7.89. The lowest BCUT2D eigenvalue weighted by Gasteiger charge is -2.29. The summed E-state index contributed by atoms with van der Waals surface area (Å²) in [6.45, 7) is 4.05. The number of rotatable bonds is 14. The van der Waals surface area contributed by atoms with E-state index in [0.717, 1.165) is 57.2 Å². The van der Waals surface area contributed by atoms with Crippen LogP contribution in [0.3, 0.4) is 0 Å². The molecule has 1 aliphatic rings. The Morgan fingerprint density at radius 2 is 1.41 bits per heavy atom. The highest BCUT2D eigenvalue weighted by atomic mass is 32.2. The number of unbranched alkanes of at least 4 members (excludes halogenated alkanes) is 8. The molecule has 0 spiro atoms. The van der Waals surface area contributed by atoms with Crippen molar-refractivity contribution < 1.29 is 13.2 Å². The summed E-state index contributed by atoms with van der Waals surface area (Å²) in [5, 5.41) is 0. The molecule has 34 heavy (non-hydrogen) atoms. The van der Waals surface area contributed by atoms with Crippen molar-refractivity contribution in [2.45, 2.75) is 89.0 Å². The van der Waals surface area contributed by atoms with Gasteiger partial charge in [0.05, 0.1) is 4.90 Å². The van der Waals surface area contributed by atoms with E-state index < -0.39 is 10.0 Å². The lowest BCUT2D eigenvalue weighted by Crippen LogP contribution is -2.35. The van der Waals surface area contributed by atoms with Crippen molar-refractivity contribution in [3.8, 4) is 0 Å². The van der Waals surface area contributed by atoms with Crippen LogP contribution in [-0.4, -0.2) is 32.3 Å². The van der Waals surface area contributed by atoms with Gasteiger partial charge in [-0.3, -0.25) is 4.79 Å². The molecule has 2 aromatic rings. The number of nitrogens with zero attached hydrogens (tertiary/aromatic N) is 1. The molecule has 5 nitrogen and oxygen atoms in total. The van der Waals surface area contributed by atoms with E-state index in [2.05, 4.69) is 29.0 Å². The second kappa shape index (κ2) is 13.6. The number of aryl methyl sites for hydroxylation is 1. The van der Waals surface area contributed by atoms with E-state index in [-0.39, 0.29) is 0 Å². The van der Waals surface area contributed by atoms with Gasteiger partial charge in [-0.25, -0.2) is 13.1 Å². The first-order chi connectivity index (χ1) is 16.5. The van der Waals surface area contributed by atoms with Crippen LogP contribution in [0.4, 0.5) is 0 Å².